The minimum Gasteiger partial charge on any atom is -0.306 e. The third-order valence-electron chi connectivity index (χ3n) is 4.26. The summed E-state index contributed by atoms with van der Waals surface area (Å²) in [7, 11) is -0.613. The lowest BCUT2D eigenvalue weighted by Gasteiger charge is -2.18. The molecule has 0 N–H and O–H groups in total. The SMILES string of the molecule is Cc1cc(C)n(CCCN(C)CCC2CCS(=O)(=O)C2)n1. The molecular formula is C15H27N3O2S. The zero-order valence-electron chi connectivity index (χ0n) is 13.4. The zero-order chi connectivity index (χ0) is 15.5. The fraction of sp³-hybridized carbons (Fsp3) is 0.800. The lowest BCUT2D eigenvalue weighted by molar-refractivity contribution is 0.294. The molecule has 6 heteroatoms. The van der Waals surface area contributed by atoms with Crippen molar-refractivity contribution in [3.63, 3.8) is 0 Å². The van der Waals surface area contributed by atoms with Crippen LogP contribution in [0.1, 0.15) is 30.7 Å². The van der Waals surface area contributed by atoms with Gasteiger partial charge in [-0.05, 0) is 65.2 Å². The Balaban J connectivity index is 1.64. The summed E-state index contributed by atoms with van der Waals surface area (Å²) in [5.74, 6) is 1.15. The monoisotopic (exact) mass is 313 g/mol. The van der Waals surface area contributed by atoms with Gasteiger partial charge in [-0.2, -0.15) is 5.10 Å². The second kappa shape index (κ2) is 6.92. The molecule has 120 valence electrons. The maximum atomic E-state index is 11.4. The van der Waals surface area contributed by atoms with Crippen LogP contribution in [0.3, 0.4) is 0 Å². The Bertz CT molecular complexity index is 565. The van der Waals surface area contributed by atoms with Crippen LogP contribution in [0.4, 0.5) is 0 Å². The van der Waals surface area contributed by atoms with E-state index in [1.807, 2.05) is 6.92 Å². The maximum Gasteiger partial charge on any atom is 0.150 e. The van der Waals surface area contributed by atoms with Crippen LogP contribution < -0.4 is 0 Å². The van der Waals surface area contributed by atoms with Gasteiger partial charge >= 0.3 is 0 Å². The van der Waals surface area contributed by atoms with E-state index in [1.54, 1.807) is 0 Å². The molecule has 0 aromatic carbocycles. The van der Waals surface area contributed by atoms with Gasteiger partial charge in [0.15, 0.2) is 9.84 Å². The Hall–Kier alpha value is -0.880. The van der Waals surface area contributed by atoms with E-state index < -0.39 is 9.84 Å². The van der Waals surface area contributed by atoms with Crippen LogP contribution >= 0.6 is 0 Å². The summed E-state index contributed by atoms with van der Waals surface area (Å²) in [6.07, 6.45) is 2.92. The van der Waals surface area contributed by atoms with Crippen LogP contribution in [0, 0.1) is 19.8 Å². The fourth-order valence-corrected chi connectivity index (χ4v) is 4.92. The van der Waals surface area contributed by atoms with Crippen molar-refractivity contribution in [2.75, 3.05) is 31.6 Å². The number of aryl methyl sites for hydroxylation is 3. The molecule has 0 amide bonds. The van der Waals surface area contributed by atoms with Gasteiger partial charge in [0, 0.05) is 12.2 Å². The normalized spacial score (nSPS) is 21.2. The smallest absolute Gasteiger partial charge is 0.150 e. The fourth-order valence-electron chi connectivity index (χ4n) is 3.01. The average Bonchev–Trinajstić information content (AvgIpc) is 2.89. The van der Waals surface area contributed by atoms with Crippen molar-refractivity contribution in [1.82, 2.24) is 14.7 Å². The molecule has 2 heterocycles. The van der Waals surface area contributed by atoms with Crippen LogP contribution in [0.2, 0.25) is 0 Å². The molecule has 1 aromatic rings. The highest BCUT2D eigenvalue weighted by Crippen LogP contribution is 2.21. The first-order valence-electron chi connectivity index (χ1n) is 7.76. The van der Waals surface area contributed by atoms with Crippen LogP contribution in [-0.4, -0.2) is 54.7 Å². The predicted molar refractivity (Wildman–Crippen MR) is 85.2 cm³/mol. The van der Waals surface area contributed by atoms with Gasteiger partial charge in [0.1, 0.15) is 0 Å². The summed E-state index contributed by atoms with van der Waals surface area (Å²) in [5.41, 5.74) is 2.29. The highest BCUT2D eigenvalue weighted by atomic mass is 32.2. The van der Waals surface area contributed by atoms with E-state index >= 15 is 0 Å². The van der Waals surface area contributed by atoms with Crippen molar-refractivity contribution in [3.8, 4) is 0 Å². The molecule has 0 spiro atoms. The number of sulfone groups is 1. The minimum atomic E-state index is -2.73. The van der Waals surface area contributed by atoms with Gasteiger partial charge in [-0.25, -0.2) is 8.42 Å². The molecule has 0 saturated carbocycles. The molecule has 1 unspecified atom stereocenters. The Labute approximate surface area is 128 Å². The van der Waals surface area contributed by atoms with Crippen molar-refractivity contribution < 1.29 is 8.42 Å². The van der Waals surface area contributed by atoms with Crippen molar-refractivity contribution in [3.05, 3.63) is 17.5 Å². The second-order valence-corrected chi connectivity index (χ2v) is 8.59. The van der Waals surface area contributed by atoms with Gasteiger partial charge in [0.05, 0.1) is 17.2 Å². The molecule has 5 nitrogen and oxygen atoms in total. The van der Waals surface area contributed by atoms with E-state index in [0.29, 0.717) is 17.4 Å². The van der Waals surface area contributed by atoms with E-state index in [4.69, 9.17) is 0 Å². The molecule has 1 aromatic heterocycles. The van der Waals surface area contributed by atoms with E-state index in [0.717, 1.165) is 44.6 Å². The minimum absolute atomic E-state index is 0.369. The molecule has 1 fully saturated rings. The molecule has 1 aliphatic heterocycles. The Morgan fingerprint density at radius 2 is 2.14 bits per heavy atom. The number of hydrogen-bond acceptors (Lipinski definition) is 4. The van der Waals surface area contributed by atoms with E-state index in [2.05, 4.69) is 34.7 Å². The number of hydrogen-bond donors (Lipinski definition) is 0. The lowest BCUT2D eigenvalue weighted by atomic mass is 10.1. The largest absolute Gasteiger partial charge is 0.306 e. The molecule has 1 saturated heterocycles. The third-order valence-corrected chi connectivity index (χ3v) is 6.10. The Morgan fingerprint density at radius 3 is 2.71 bits per heavy atom. The Kier molecular flexibility index (Phi) is 5.43. The number of rotatable bonds is 7. The van der Waals surface area contributed by atoms with Gasteiger partial charge in [0.25, 0.3) is 0 Å². The summed E-state index contributed by atoms with van der Waals surface area (Å²) in [5, 5.41) is 4.46. The first kappa shape index (κ1) is 16.5. The average molecular weight is 313 g/mol. The van der Waals surface area contributed by atoms with E-state index in [-0.39, 0.29) is 0 Å². The highest BCUT2D eigenvalue weighted by molar-refractivity contribution is 7.91. The molecule has 0 bridgehead atoms. The summed E-state index contributed by atoms with van der Waals surface area (Å²) in [6.45, 7) is 7.06. The summed E-state index contributed by atoms with van der Waals surface area (Å²) in [6, 6.07) is 2.10. The molecule has 1 aliphatic rings. The second-order valence-electron chi connectivity index (χ2n) is 6.36. The van der Waals surface area contributed by atoms with E-state index in [9.17, 15) is 8.42 Å². The molecule has 21 heavy (non-hydrogen) atoms. The van der Waals surface area contributed by atoms with Crippen LogP contribution in [-0.2, 0) is 16.4 Å². The number of nitrogens with zero attached hydrogens (tertiary/aromatic N) is 3. The van der Waals surface area contributed by atoms with Gasteiger partial charge in [0.2, 0.25) is 0 Å². The van der Waals surface area contributed by atoms with Crippen molar-refractivity contribution in [1.29, 1.82) is 0 Å². The maximum absolute atomic E-state index is 11.4. The molecule has 0 aliphatic carbocycles. The van der Waals surface area contributed by atoms with Crippen LogP contribution in [0.5, 0.6) is 0 Å². The zero-order valence-corrected chi connectivity index (χ0v) is 14.2. The van der Waals surface area contributed by atoms with Crippen molar-refractivity contribution in [2.45, 2.75) is 39.7 Å². The lowest BCUT2D eigenvalue weighted by Crippen LogP contribution is -2.24. The van der Waals surface area contributed by atoms with Crippen LogP contribution in [0.15, 0.2) is 6.07 Å². The topological polar surface area (TPSA) is 55.2 Å². The third kappa shape index (κ3) is 5.11. The van der Waals surface area contributed by atoms with Crippen molar-refractivity contribution in [2.24, 2.45) is 5.92 Å². The number of aromatic nitrogens is 2. The highest BCUT2D eigenvalue weighted by Gasteiger charge is 2.27. The quantitative estimate of drug-likeness (QED) is 0.768. The van der Waals surface area contributed by atoms with Gasteiger partial charge < -0.3 is 4.90 Å². The van der Waals surface area contributed by atoms with Crippen molar-refractivity contribution >= 4 is 9.84 Å². The molecule has 1 atom stereocenters. The summed E-state index contributed by atoms with van der Waals surface area (Å²) < 4.78 is 24.9. The molecule has 2 rings (SSSR count). The van der Waals surface area contributed by atoms with Crippen LogP contribution in [0.25, 0.3) is 0 Å². The standard InChI is InChI=1S/C15H27N3O2S/c1-13-11-14(2)18(16-13)8-4-7-17(3)9-5-15-6-10-21(19,20)12-15/h11,15H,4-10,12H2,1-3H3. The van der Waals surface area contributed by atoms with Gasteiger partial charge in [-0.15, -0.1) is 0 Å². The predicted octanol–water partition coefficient (Wildman–Crippen LogP) is 1.65. The molecule has 0 radical (unpaired) electrons. The van der Waals surface area contributed by atoms with E-state index in [1.165, 1.54) is 5.69 Å². The Morgan fingerprint density at radius 1 is 1.38 bits per heavy atom. The molecular weight excluding hydrogens is 286 g/mol. The first-order valence-corrected chi connectivity index (χ1v) is 9.58. The first-order chi connectivity index (χ1) is 9.85. The summed E-state index contributed by atoms with van der Waals surface area (Å²) >= 11 is 0. The van der Waals surface area contributed by atoms with Gasteiger partial charge in [-0.3, -0.25) is 4.68 Å². The van der Waals surface area contributed by atoms with Gasteiger partial charge in [-0.1, -0.05) is 0 Å². The summed E-state index contributed by atoms with van der Waals surface area (Å²) in [4.78, 5) is 2.30.